The average molecular weight is 272 g/mol. The van der Waals surface area contributed by atoms with Crippen LogP contribution >= 0.6 is 11.6 Å². The summed E-state index contributed by atoms with van der Waals surface area (Å²) in [4.78, 5) is 12.7. The Balaban J connectivity index is 1.92. The first-order valence-electron chi connectivity index (χ1n) is 5.96. The molecule has 0 radical (unpaired) electrons. The van der Waals surface area contributed by atoms with E-state index < -0.39 is 11.8 Å². The van der Waals surface area contributed by atoms with Crippen molar-refractivity contribution < 1.29 is 14.3 Å². The van der Waals surface area contributed by atoms with Gasteiger partial charge in [0.1, 0.15) is 5.82 Å². The lowest BCUT2D eigenvalue weighted by atomic mass is 10.1. The largest absolute Gasteiger partial charge is 0.480 e. The summed E-state index contributed by atoms with van der Waals surface area (Å²) in [7, 11) is 0. The number of carboxylic acids is 1. The minimum atomic E-state index is -0.806. The topological polar surface area (TPSA) is 40.5 Å². The molecule has 0 aromatic heterocycles. The van der Waals surface area contributed by atoms with E-state index in [4.69, 9.17) is 16.7 Å². The maximum atomic E-state index is 13.0. The number of benzene rings is 1. The summed E-state index contributed by atoms with van der Waals surface area (Å²) in [6.45, 7) is 0.735. The van der Waals surface area contributed by atoms with Crippen molar-refractivity contribution in [2.24, 2.45) is 0 Å². The number of halogens is 2. The van der Waals surface area contributed by atoms with Gasteiger partial charge in [-0.05, 0) is 37.0 Å². The molecule has 0 bridgehead atoms. The molecular weight excluding hydrogens is 257 g/mol. The van der Waals surface area contributed by atoms with Gasteiger partial charge in [-0.3, -0.25) is 9.69 Å². The predicted molar refractivity (Wildman–Crippen MR) is 67.3 cm³/mol. The molecule has 0 unspecified atom stereocenters. The molecule has 1 aliphatic rings. The quantitative estimate of drug-likeness (QED) is 0.864. The monoisotopic (exact) mass is 271 g/mol. The molecule has 1 saturated carbocycles. The molecule has 18 heavy (non-hydrogen) atoms. The van der Waals surface area contributed by atoms with Crippen molar-refractivity contribution >= 4 is 17.6 Å². The Labute approximate surface area is 110 Å². The third kappa shape index (κ3) is 3.68. The van der Waals surface area contributed by atoms with Crippen LogP contribution in [-0.2, 0) is 11.2 Å². The summed E-state index contributed by atoms with van der Waals surface area (Å²) < 4.78 is 13.0. The van der Waals surface area contributed by atoms with Crippen LogP contribution in [0.5, 0.6) is 0 Å². The van der Waals surface area contributed by atoms with Gasteiger partial charge < -0.3 is 5.11 Å². The van der Waals surface area contributed by atoms with Gasteiger partial charge in [0.2, 0.25) is 0 Å². The van der Waals surface area contributed by atoms with Crippen LogP contribution in [0.3, 0.4) is 0 Å². The molecule has 5 heteroatoms. The van der Waals surface area contributed by atoms with Gasteiger partial charge in [0.15, 0.2) is 0 Å². The maximum absolute atomic E-state index is 13.0. The highest BCUT2D eigenvalue weighted by molar-refractivity contribution is 6.30. The van der Waals surface area contributed by atoms with Crippen LogP contribution in [0.1, 0.15) is 18.4 Å². The Morgan fingerprint density at radius 1 is 1.50 bits per heavy atom. The average Bonchev–Trinajstić information content (AvgIpc) is 3.12. The van der Waals surface area contributed by atoms with Gasteiger partial charge in [0.05, 0.1) is 11.6 Å². The molecular formula is C13H15ClFNO2. The highest BCUT2D eigenvalue weighted by Gasteiger charge is 2.29. The van der Waals surface area contributed by atoms with Crippen molar-refractivity contribution in [1.29, 1.82) is 0 Å². The van der Waals surface area contributed by atoms with E-state index in [0.717, 1.165) is 18.4 Å². The van der Waals surface area contributed by atoms with Crippen molar-refractivity contribution in [3.05, 3.63) is 34.6 Å². The molecule has 1 aliphatic carbocycles. The van der Waals surface area contributed by atoms with Crippen LogP contribution in [0.25, 0.3) is 0 Å². The van der Waals surface area contributed by atoms with E-state index in [9.17, 15) is 9.18 Å². The lowest BCUT2D eigenvalue weighted by Crippen LogP contribution is -2.33. The van der Waals surface area contributed by atoms with Gasteiger partial charge in [0, 0.05) is 12.6 Å². The molecule has 1 fully saturated rings. The van der Waals surface area contributed by atoms with Gasteiger partial charge in [0.25, 0.3) is 0 Å². The zero-order valence-corrected chi connectivity index (χ0v) is 10.7. The van der Waals surface area contributed by atoms with Crippen LogP contribution in [-0.4, -0.2) is 35.1 Å². The normalized spacial score (nSPS) is 15.1. The second-order valence-electron chi connectivity index (χ2n) is 4.59. The molecule has 0 aliphatic heterocycles. The molecule has 0 saturated heterocycles. The van der Waals surface area contributed by atoms with Crippen LogP contribution in [0, 0.1) is 5.82 Å². The fourth-order valence-corrected chi connectivity index (χ4v) is 2.18. The van der Waals surface area contributed by atoms with Crippen LogP contribution < -0.4 is 0 Å². The van der Waals surface area contributed by atoms with Crippen molar-refractivity contribution in [2.45, 2.75) is 25.3 Å². The summed E-state index contributed by atoms with van der Waals surface area (Å²) in [6.07, 6.45) is 2.82. The smallest absolute Gasteiger partial charge is 0.317 e. The summed E-state index contributed by atoms with van der Waals surface area (Å²) in [5.74, 6) is -1.23. The van der Waals surface area contributed by atoms with E-state index in [-0.39, 0.29) is 11.6 Å². The second-order valence-corrected chi connectivity index (χ2v) is 5.00. The van der Waals surface area contributed by atoms with Crippen molar-refractivity contribution in [1.82, 2.24) is 4.90 Å². The van der Waals surface area contributed by atoms with E-state index in [2.05, 4.69) is 0 Å². The fraction of sp³-hybridized carbons (Fsp3) is 0.462. The Hall–Kier alpha value is -1.13. The Morgan fingerprint density at radius 2 is 2.22 bits per heavy atom. The van der Waals surface area contributed by atoms with E-state index in [0.29, 0.717) is 19.0 Å². The number of aliphatic carboxylic acids is 1. The van der Waals surface area contributed by atoms with Gasteiger partial charge in [-0.15, -0.1) is 0 Å². The van der Waals surface area contributed by atoms with Gasteiger partial charge in [-0.2, -0.15) is 0 Å². The first kappa shape index (κ1) is 13.3. The minimum Gasteiger partial charge on any atom is -0.480 e. The number of nitrogens with zero attached hydrogens (tertiary/aromatic N) is 1. The first-order chi connectivity index (χ1) is 8.56. The molecule has 1 aromatic carbocycles. The summed E-state index contributed by atoms with van der Waals surface area (Å²) in [6, 6.07) is 5.03. The van der Waals surface area contributed by atoms with Crippen LogP contribution in [0.15, 0.2) is 18.2 Å². The molecule has 2 rings (SSSR count). The molecule has 98 valence electrons. The summed E-state index contributed by atoms with van der Waals surface area (Å²) in [5, 5.41) is 8.94. The minimum absolute atomic E-state index is 0.0690. The molecule has 1 aromatic rings. The summed E-state index contributed by atoms with van der Waals surface area (Å²) in [5.41, 5.74) is 0.928. The van der Waals surface area contributed by atoms with Crippen molar-refractivity contribution in [3.8, 4) is 0 Å². The molecule has 0 spiro atoms. The van der Waals surface area contributed by atoms with E-state index in [1.165, 1.54) is 6.07 Å². The fourth-order valence-electron chi connectivity index (χ4n) is 1.97. The number of rotatable bonds is 6. The lowest BCUT2D eigenvalue weighted by molar-refractivity contribution is -0.138. The van der Waals surface area contributed by atoms with E-state index >= 15 is 0 Å². The van der Waals surface area contributed by atoms with Gasteiger partial charge in [-0.25, -0.2) is 4.39 Å². The maximum Gasteiger partial charge on any atom is 0.317 e. The van der Waals surface area contributed by atoms with E-state index in [1.807, 2.05) is 4.90 Å². The zero-order chi connectivity index (χ0) is 13.1. The highest BCUT2D eigenvalue weighted by atomic mass is 35.5. The Morgan fingerprint density at radius 3 is 2.78 bits per heavy atom. The SMILES string of the molecule is O=C(O)CN(CCc1ccc(F)c(Cl)c1)C1CC1. The standard InChI is InChI=1S/C13H15ClFNO2/c14-11-7-9(1-4-12(11)15)5-6-16(8-13(17)18)10-2-3-10/h1,4,7,10H,2-3,5-6,8H2,(H,17,18). The first-order valence-corrected chi connectivity index (χ1v) is 6.34. The molecule has 0 amide bonds. The van der Waals surface area contributed by atoms with Crippen molar-refractivity contribution in [2.75, 3.05) is 13.1 Å². The molecule has 0 atom stereocenters. The molecule has 0 heterocycles. The van der Waals surface area contributed by atoms with Crippen LogP contribution in [0.2, 0.25) is 5.02 Å². The summed E-state index contributed by atoms with van der Waals surface area (Å²) >= 11 is 5.71. The third-order valence-electron chi connectivity index (χ3n) is 3.07. The Kier molecular flexibility index (Phi) is 4.19. The van der Waals surface area contributed by atoms with Gasteiger partial charge >= 0.3 is 5.97 Å². The number of carbonyl (C=O) groups is 1. The molecule has 3 nitrogen and oxygen atoms in total. The molecule has 1 N–H and O–H groups in total. The van der Waals surface area contributed by atoms with E-state index in [1.54, 1.807) is 12.1 Å². The number of carboxylic acid groups (broad SMARTS) is 1. The second kappa shape index (κ2) is 5.67. The number of hydrogen-bond donors (Lipinski definition) is 1. The van der Waals surface area contributed by atoms with Gasteiger partial charge in [-0.1, -0.05) is 17.7 Å². The predicted octanol–water partition coefficient (Wildman–Crippen LogP) is 2.57. The van der Waals surface area contributed by atoms with Crippen LogP contribution in [0.4, 0.5) is 4.39 Å². The number of hydrogen-bond acceptors (Lipinski definition) is 2. The Bertz CT molecular complexity index is 449. The lowest BCUT2D eigenvalue weighted by Gasteiger charge is -2.19. The third-order valence-corrected chi connectivity index (χ3v) is 3.36. The highest BCUT2D eigenvalue weighted by Crippen LogP contribution is 2.27. The zero-order valence-electron chi connectivity index (χ0n) is 9.90. The van der Waals surface area contributed by atoms with Crippen molar-refractivity contribution in [3.63, 3.8) is 0 Å².